The SMILES string of the molecule is COC(=O)C1CCN1C(C)C(=O)N(C)C. The molecule has 0 N–H and O–H groups in total. The summed E-state index contributed by atoms with van der Waals surface area (Å²) in [5.74, 6) is -0.233. The lowest BCUT2D eigenvalue weighted by Crippen LogP contribution is -2.60. The molecule has 0 aromatic carbocycles. The second-order valence-electron chi connectivity index (χ2n) is 3.97. The molecular formula is C10H18N2O3. The molecule has 5 nitrogen and oxygen atoms in total. The fourth-order valence-corrected chi connectivity index (χ4v) is 1.78. The monoisotopic (exact) mass is 214 g/mol. The molecule has 1 rings (SSSR count). The van der Waals surface area contributed by atoms with E-state index in [1.807, 2.05) is 11.8 Å². The topological polar surface area (TPSA) is 49.9 Å². The molecule has 1 aliphatic rings. The van der Waals surface area contributed by atoms with Gasteiger partial charge in [0.15, 0.2) is 0 Å². The van der Waals surface area contributed by atoms with Crippen LogP contribution in [0.25, 0.3) is 0 Å². The third kappa shape index (κ3) is 2.28. The molecule has 0 spiro atoms. The predicted molar refractivity (Wildman–Crippen MR) is 55.3 cm³/mol. The smallest absolute Gasteiger partial charge is 0.323 e. The minimum Gasteiger partial charge on any atom is -0.468 e. The molecule has 0 aromatic heterocycles. The first-order chi connectivity index (χ1) is 6.99. The van der Waals surface area contributed by atoms with Crippen molar-refractivity contribution in [2.24, 2.45) is 0 Å². The zero-order chi connectivity index (χ0) is 11.6. The first-order valence-electron chi connectivity index (χ1n) is 5.03. The largest absolute Gasteiger partial charge is 0.468 e. The van der Waals surface area contributed by atoms with Crippen LogP contribution >= 0.6 is 0 Å². The first kappa shape index (κ1) is 12.0. The lowest BCUT2D eigenvalue weighted by molar-refractivity contribution is -0.156. The molecule has 1 saturated heterocycles. The maximum absolute atomic E-state index is 11.7. The zero-order valence-electron chi connectivity index (χ0n) is 9.69. The molecule has 15 heavy (non-hydrogen) atoms. The number of carbonyl (C=O) groups is 2. The van der Waals surface area contributed by atoms with Crippen LogP contribution in [0.15, 0.2) is 0 Å². The van der Waals surface area contributed by atoms with Crippen molar-refractivity contribution < 1.29 is 14.3 Å². The van der Waals surface area contributed by atoms with E-state index in [0.717, 1.165) is 13.0 Å². The van der Waals surface area contributed by atoms with E-state index in [2.05, 4.69) is 4.74 Å². The number of likely N-dealkylation sites (N-methyl/N-ethyl adjacent to an activating group) is 1. The molecule has 5 heteroatoms. The molecule has 2 unspecified atom stereocenters. The number of amides is 1. The molecule has 1 amide bonds. The maximum Gasteiger partial charge on any atom is 0.323 e. The average Bonchev–Trinajstić information content (AvgIpc) is 2.14. The molecule has 0 bridgehead atoms. The summed E-state index contributed by atoms with van der Waals surface area (Å²) in [5, 5.41) is 0. The summed E-state index contributed by atoms with van der Waals surface area (Å²) in [6, 6.07) is -0.494. The molecule has 1 heterocycles. The highest BCUT2D eigenvalue weighted by Crippen LogP contribution is 2.22. The summed E-state index contributed by atoms with van der Waals surface area (Å²) in [5.41, 5.74) is 0. The van der Waals surface area contributed by atoms with Gasteiger partial charge in [-0.15, -0.1) is 0 Å². The van der Waals surface area contributed by atoms with Gasteiger partial charge in [-0.3, -0.25) is 14.5 Å². The van der Waals surface area contributed by atoms with Crippen LogP contribution in [0.1, 0.15) is 13.3 Å². The highest BCUT2D eigenvalue weighted by molar-refractivity contribution is 5.83. The van der Waals surface area contributed by atoms with Crippen molar-refractivity contribution in [1.29, 1.82) is 0 Å². The third-order valence-electron chi connectivity index (χ3n) is 2.83. The van der Waals surface area contributed by atoms with E-state index >= 15 is 0 Å². The Kier molecular flexibility index (Phi) is 3.68. The van der Waals surface area contributed by atoms with Gasteiger partial charge in [-0.25, -0.2) is 0 Å². The van der Waals surface area contributed by atoms with Gasteiger partial charge in [0, 0.05) is 20.6 Å². The number of hydrogen-bond donors (Lipinski definition) is 0. The Morgan fingerprint density at radius 2 is 2.07 bits per heavy atom. The Labute approximate surface area is 90.0 Å². The first-order valence-corrected chi connectivity index (χ1v) is 5.03. The van der Waals surface area contributed by atoms with Crippen LogP contribution < -0.4 is 0 Å². The highest BCUT2D eigenvalue weighted by atomic mass is 16.5. The molecule has 0 radical (unpaired) electrons. The minimum absolute atomic E-state index is 0.0172. The summed E-state index contributed by atoms with van der Waals surface area (Å²) in [6.07, 6.45) is 0.776. The lowest BCUT2D eigenvalue weighted by atomic mass is 10.00. The van der Waals surface area contributed by atoms with E-state index in [-0.39, 0.29) is 24.0 Å². The Hall–Kier alpha value is -1.10. The van der Waals surface area contributed by atoms with E-state index in [0.29, 0.717) is 0 Å². The second-order valence-corrected chi connectivity index (χ2v) is 3.97. The van der Waals surface area contributed by atoms with Gasteiger partial charge in [-0.2, -0.15) is 0 Å². The summed E-state index contributed by atoms with van der Waals surface area (Å²) in [7, 11) is 4.80. The van der Waals surface area contributed by atoms with Crippen LogP contribution in [-0.2, 0) is 14.3 Å². The number of rotatable bonds is 3. The van der Waals surface area contributed by atoms with Gasteiger partial charge in [0.2, 0.25) is 5.91 Å². The summed E-state index contributed by atoms with van der Waals surface area (Å²) in [6.45, 7) is 2.60. The molecule has 1 fully saturated rings. The number of hydrogen-bond acceptors (Lipinski definition) is 4. The fraction of sp³-hybridized carbons (Fsp3) is 0.800. The van der Waals surface area contributed by atoms with E-state index in [1.54, 1.807) is 14.1 Å². The molecule has 86 valence electrons. The molecule has 0 aliphatic carbocycles. The quantitative estimate of drug-likeness (QED) is 0.606. The maximum atomic E-state index is 11.7. The van der Waals surface area contributed by atoms with E-state index in [4.69, 9.17) is 0 Å². The molecular weight excluding hydrogens is 196 g/mol. The summed E-state index contributed by atoms with van der Waals surface area (Å²) >= 11 is 0. The van der Waals surface area contributed by atoms with Crippen molar-refractivity contribution in [3.8, 4) is 0 Å². The van der Waals surface area contributed by atoms with E-state index in [9.17, 15) is 9.59 Å². The molecule has 0 saturated carbocycles. The standard InChI is InChI=1S/C10H18N2O3/c1-7(9(13)11(2)3)12-6-5-8(12)10(14)15-4/h7-8H,5-6H2,1-4H3. The van der Waals surface area contributed by atoms with Crippen molar-refractivity contribution in [2.45, 2.75) is 25.4 Å². The number of ether oxygens (including phenoxy) is 1. The molecule has 2 atom stereocenters. The van der Waals surface area contributed by atoms with Crippen molar-refractivity contribution in [2.75, 3.05) is 27.7 Å². The number of likely N-dealkylation sites (tertiary alicyclic amines) is 1. The van der Waals surface area contributed by atoms with Gasteiger partial charge in [0.1, 0.15) is 6.04 Å². The fourth-order valence-electron chi connectivity index (χ4n) is 1.78. The van der Waals surface area contributed by atoms with Crippen molar-refractivity contribution in [3.05, 3.63) is 0 Å². The van der Waals surface area contributed by atoms with Crippen LogP contribution in [0.5, 0.6) is 0 Å². The number of carbonyl (C=O) groups excluding carboxylic acids is 2. The Balaban J connectivity index is 2.58. The van der Waals surface area contributed by atoms with Gasteiger partial charge in [0.05, 0.1) is 13.2 Å². The Morgan fingerprint density at radius 3 is 2.40 bits per heavy atom. The van der Waals surface area contributed by atoms with Crippen molar-refractivity contribution >= 4 is 11.9 Å². The number of esters is 1. The van der Waals surface area contributed by atoms with Crippen LogP contribution in [-0.4, -0.2) is 61.5 Å². The summed E-state index contributed by atoms with van der Waals surface area (Å²) < 4.78 is 4.67. The predicted octanol–water partition coefficient (Wildman–Crippen LogP) is -0.290. The Morgan fingerprint density at radius 1 is 1.47 bits per heavy atom. The van der Waals surface area contributed by atoms with Crippen LogP contribution in [0.4, 0.5) is 0 Å². The molecule has 1 aliphatic heterocycles. The van der Waals surface area contributed by atoms with Crippen LogP contribution in [0.2, 0.25) is 0 Å². The van der Waals surface area contributed by atoms with Gasteiger partial charge in [0.25, 0.3) is 0 Å². The zero-order valence-corrected chi connectivity index (χ0v) is 9.69. The Bertz CT molecular complexity index is 265. The normalized spacial score (nSPS) is 22.8. The average molecular weight is 214 g/mol. The van der Waals surface area contributed by atoms with Crippen molar-refractivity contribution in [1.82, 2.24) is 9.80 Å². The van der Waals surface area contributed by atoms with Gasteiger partial charge < -0.3 is 9.64 Å². The van der Waals surface area contributed by atoms with E-state index in [1.165, 1.54) is 12.0 Å². The van der Waals surface area contributed by atoms with Gasteiger partial charge >= 0.3 is 5.97 Å². The number of nitrogens with zero attached hydrogens (tertiary/aromatic N) is 2. The number of methoxy groups -OCH3 is 1. The van der Waals surface area contributed by atoms with Gasteiger partial charge in [-0.1, -0.05) is 0 Å². The van der Waals surface area contributed by atoms with Crippen molar-refractivity contribution in [3.63, 3.8) is 0 Å². The van der Waals surface area contributed by atoms with Crippen LogP contribution in [0, 0.1) is 0 Å². The summed E-state index contributed by atoms with van der Waals surface area (Å²) in [4.78, 5) is 26.4. The van der Waals surface area contributed by atoms with Crippen LogP contribution in [0.3, 0.4) is 0 Å². The minimum atomic E-state index is -0.252. The van der Waals surface area contributed by atoms with E-state index < -0.39 is 0 Å². The highest BCUT2D eigenvalue weighted by Gasteiger charge is 2.40. The molecule has 0 aromatic rings. The van der Waals surface area contributed by atoms with Gasteiger partial charge in [-0.05, 0) is 13.3 Å². The third-order valence-corrected chi connectivity index (χ3v) is 2.83. The lowest BCUT2D eigenvalue weighted by Gasteiger charge is -2.42. The second kappa shape index (κ2) is 4.61.